The lowest BCUT2D eigenvalue weighted by molar-refractivity contribution is 0.164. The molecule has 0 aromatic rings. The van der Waals surface area contributed by atoms with E-state index >= 15 is 0 Å². The second-order valence-corrected chi connectivity index (χ2v) is 4.29. The largest absolute Gasteiger partial charge is 0.389 e. The molecule has 0 radical (unpaired) electrons. The van der Waals surface area contributed by atoms with E-state index in [4.69, 9.17) is 0 Å². The van der Waals surface area contributed by atoms with Crippen molar-refractivity contribution in [3.8, 4) is 0 Å². The SMILES string of the molecule is C[C@]12C[C@@H](O)C=C[C@@]1(C)C2. The molecule has 2 rings (SSSR count). The van der Waals surface area contributed by atoms with Crippen LogP contribution in [0.15, 0.2) is 12.2 Å². The van der Waals surface area contributed by atoms with Crippen molar-refractivity contribution in [1.82, 2.24) is 0 Å². The van der Waals surface area contributed by atoms with Crippen molar-refractivity contribution in [3.63, 3.8) is 0 Å². The van der Waals surface area contributed by atoms with Crippen LogP contribution in [0.25, 0.3) is 0 Å². The maximum atomic E-state index is 9.30. The number of aliphatic hydroxyl groups excluding tert-OH is 1. The van der Waals surface area contributed by atoms with Gasteiger partial charge in [-0.25, -0.2) is 0 Å². The predicted octanol–water partition coefficient (Wildman–Crippen LogP) is 1.72. The zero-order chi connectivity index (χ0) is 7.41. The first-order chi connectivity index (χ1) is 4.56. The minimum Gasteiger partial charge on any atom is -0.389 e. The van der Waals surface area contributed by atoms with Crippen molar-refractivity contribution in [1.29, 1.82) is 0 Å². The van der Waals surface area contributed by atoms with Gasteiger partial charge in [0.15, 0.2) is 0 Å². The Labute approximate surface area is 61.8 Å². The van der Waals surface area contributed by atoms with Crippen molar-refractivity contribution in [3.05, 3.63) is 12.2 Å². The van der Waals surface area contributed by atoms with Gasteiger partial charge in [-0.05, 0) is 23.7 Å². The van der Waals surface area contributed by atoms with Crippen LogP contribution in [0.1, 0.15) is 26.7 Å². The Morgan fingerprint density at radius 3 is 2.70 bits per heavy atom. The van der Waals surface area contributed by atoms with Gasteiger partial charge in [0.05, 0.1) is 6.10 Å². The monoisotopic (exact) mass is 138 g/mol. The highest BCUT2D eigenvalue weighted by atomic mass is 16.3. The van der Waals surface area contributed by atoms with E-state index in [0.29, 0.717) is 10.8 Å². The lowest BCUT2D eigenvalue weighted by atomic mass is 9.86. The molecule has 56 valence electrons. The number of fused-ring (bicyclic) bond motifs is 1. The summed E-state index contributed by atoms with van der Waals surface area (Å²) >= 11 is 0. The first-order valence-electron chi connectivity index (χ1n) is 3.93. The summed E-state index contributed by atoms with van der Waals surface area (Å²) in [5.74, 6) is 0. The van der Waals surface area contributed by atoms with Crippen LogP contribution in [0.2, 0.25) is 0 Å². The molecule has 3 atom stereocenters. The van der Waals surface area contributed by atoms with Gasteiger partial charge in [0.25, 0.3) is 0 Å². The van der Waals surface area contributed by atoms with E-state index in [-0.39, 0.29) is 6.10 Å². The van der Waals surface area contributed by atoms with E-state index in [0.717, 1.165) is 6.42 Å². The highest BCUT2D eigenvalue weighted by molar-refractivity contribution is 5.24. The molecule has 0 spiro atoms. The molecule has 0 saturated heterocycles. The van der Waals surface area contributed by atoms with Crippen LogP contribution >= 0.6 is 0 Å². The summed E-state index contributed by atoms with van der Waals surface area (Å²) in [6.45, 7) is 4.54. The standard InChI is InChI=1S/C9H14O/c1-8-4-3-7(10)5-9(8,2)6-8/h3-4,7,10H,5-6H2,1-2H3/t7-,8-,9+/m0/s1. The number of hydrogen-bond acceptors (Lipinski definition) is 1. The lowest BCUT2D eigenvalue weighted by Gasteiger charge is -2.22. The molecule has 1 saturated carbocycles. The molecule has 0 bridgehead atoms. The molecule has 2 aliphatic rings. The molecule has 0 aliphatic heterocycles. The molecule has 0 aromatic carbocycles. The number of aliphatic hydroxyl groups is 1. The van der Waals surface area contributed by atoms with Gasteiger partial charge >= 0.3 is 0 Å². The Hall–Kier alpha value is -0.300. The summed E-state index contributed by atoms with van der Waals surface area (Å²) in [5.41, 5.74) is 0.841. The Morgan fingerprint density at radius 2 is 2.20 bits per heavy atom. The molecular formula is C9H14O. The van der Waals surface area contributed by atoms with E-state index in [2.05, 4.69) is 19.9 Å². The molecule has 1 heteroatoms. The van der Waals surface area contributed by atoms with Crippen molar-refractivity contribution in [2.75, 3.05) is 0 Å². The fraction of sp³-hybridized carbons (Fsp3) is 0.778. The fourth-order valence-corrected chi connectivity index (χ4v) is 2.18. The normalized spacial score (nSPS) is 58.1. The second kappa shape index (κ2) is 1.48. The molecule has 1 fully saturated rings. The van der Waals surface area contributed by atoms with Crippen molar-refractivity contribution < 1.29 is 5.11 Å². The molecule has 0 aromatic heterocycles. The molecule has 10 heavy (non-hydrogen) atoms. The van der Waals surface area contributed by atoms with Gasteiger partial charge in [-0.15, -0.1) is 0 Å². The molecule has 1 nitrogen and oxygen atoms in total. The predicted molar refractivity (Wildman–Crippen MR) is 40.6 cm³/mol. The van der Waals surface area contributed by atoms with Crippen LogP contribution < -0.4 is 0 Å². The average Bonchev–Trinajstić information content (AvgIpc) is 2.33. The van der Waals surface area contributed by atoms with Crippen molar-refractivity contribution in [2.24, 2.45) is 10.8 Å². The number of hydrogen-bond donors (Lipinski definition) is 1. The van der Waals surface area contributed by atoms with Gasteiger partial charge in [0.1, 0.15) is 0 Å². The smallest absolute Gasteiger partial charge is 0.0726 e. The summed E-state index contributed by atoms with van der Waals surface area (Å²) in [6.07, 6.45) is 6.16. The second-order valence-electron chi connectivity index (χ2n) is 4.29. The Balaban J connectivity index is 2.27. The van der Waals surface area contributed by atoms with Crippen LogP contribution in [0, 0.1) is 10.8 Å². The van der Waals surface area contributed by atoms with Crippen molar-refractivity contribution in [2.45, 2.75) is 32.8 Å². The minimum atomic E-state index is -0.180. The third kappa shape index (κ3) is 0.615. The summed E-state index contributed by atoms with van der Waals surface area (Å²) < 4.78 is 0. The number of rotatable bonds is 0. The van der Waals surface area contributed by atoms with Crippen LogP contribution in [-0.2, 0) is 0 Å². The van der Waals surface area contributed by atoms with E-state index in [1.54, 1.807) is 0 Å². The average molecular weight is 138 g/mol. The van der Waals surface area contributed by atoms with E-state index < -0.39 is 0 Å². The van der Waals surface area contributed by atoms with Crippen molar-refractivity contribution >= 4 is 0 Å². The van der Waals surface area contributed by atoms with Gasteiger partial charge in [0.2, 0.25) is 0 Å². The molecule has 1 N–H and O–H groups in total. The zero-order valence-electron chi connectivity index (χ0n) is 6.59. The summed E-state index contributed by atoms with van der Waals surface area (Å²) in [4.78, 5) is 0. The third-order valence-electron chi connectivity index (χ3n) is 3.36. The van der Waals surface area contributed by atoms with Crippen LogP contribution in [0.3, 0.4) is 0 Å². The summed E-state index contributed by atoms with van der Waals surface area (Å²) in [7, 11) is 0. The van der Waals surface area contributed by atoms with Crippen LogP contribution in [-0.4, -0.2) is 11.2 Å². The van der Waals surface area contributed by atoms with Gasteiger partial charge in [0, 0.05) is 0 Å². The highest BCUT2D eigenvalue weighted by Crippen LogP contribution is 2.68. The molecule has 0 heterocycles. The molecule has 0 unspecified atom stereocenters. The van der Waals surface area contributed by atoms with Gasteiger partial charge in [-0.3, -0.25) is 0 Å². The maximum absolute atomic E-state index is 9.30. The number of allylic oxidation sites excluding steroid dienone is 1. The Kier molecular flexibility index (Phi) is 0.946. The Bertz CT molecular complexity index is 197. The third-order valence-corrected chi connectivity index (χ3v) is 3.36. The first-order valence-corrected chi connectivity index (χ1v) is 3.93. The molecular weight excluding hydrogens is 124 g/mol. The van der Waals surface area contributed by atoms with Crippen LogP contribution in [0.5, 0.6) is 0 Å². The Morgan fingerprint density at radius 1 is 1.50 bits per heavy atom. The molecule has 2 aliphatic carbocycles. The maximum Gasteiger partial charge on any atom is 0.0726 e. The van der Waals surface area contributed by atoms with E-state index in [9.17, 15) is 5.11 Å². The van der Waals surface area contributed by atoms with Crippen LogP contribution in [0.4, 0.5) is 0 Å². The van der Waals surface area contributed by atoms with Gasteiger partial charge in [-0.1, -0.05) is 26.0 Å². The lowest BCUT2D eigenvalue weighted by Crippen LogP contribution is -2.18. The zero-order valence-corrected chi connectivity index (χ0v) is 6.59. The van der Waals surface area contributed by atoms with E-state index in [1.807, 2.05) is 6.08 Å². The highest BCUT2D eigenvalue weighted by Gasteiger charge is 2.60. The minimum absolute atomic E-state index is 0.180. The first kappa shape index (κ1) is 6.41. The summed E-state index contributed by atoms with van der Waals surface area (Å²) in [5, 5.41) is 9.30. The molecule has 0 amide bonds. The van der Waals surface area contributed by atoms with Gasteiger partial charge in [-0.2, -0.15) is 0 Å². The summed E-state index contributed by atoms with van der Waals surface area (Å²) in [6, 6.07) is 0. The topological polar surface area (TPSA) is 20.2 Å². The fourth-order valence-electron chi connectivity index (χ4n) is 2.18. The van der Waals surface area contributed by atoms with Gasteiger partial charge < -0.3 is 5.11 Å². The van der Waals surface area contributed by atoms with E-state index in [1.165, 1.54) is 6.42 Å². The quantitative estimate of drug-likeness (QED) is 0.505.